The first-order chi connectivity index (χ1) is 9.64. The van der Waals surface area contributed by atoms with Gasteiger partial charge in [-0.1, -0.05) is 39.0 Å². The largest absolute Gasteiger partial charge is 0.397 e. The molecule has 1 heterocycles. The Kier molecular flexibility index (Phi) is 4.02. The minimum atomic E-state index is 0.00975. The lowest BCUT2D eigenvalue weighted by molar-refractivity contribution is 0.0635. The van der Waals surface area contributed by atoms with Crippen LogP contribution in [-0.2, 0) is 0 Å². The number of carbonyl (C=O) groups is 1. The average Bonchev–Trinajstić information content (AvgIpc) is 2.74. The number of aryl methyl sites for hydroxylation is 1. The van der Waals surface area contributed by atoms with Crippen LogP contribution < -0.4 is 5.73 Å². The predicted molar refractivity (Wildman–Crippen MR) is 92.0 cm³/mol. The van der Waals surface area contributed by atoms with Gasteiger partial charge in [-0.15, -0.1) is 11.3 Å². The highest BCUT2D eigenvalue weighted by molar-refractivity contribution is 7.21. The molecule has 114 valence electrons. The fraction of sp³-hybridized carbons (Fsp3) is 0.471. The van der Waals surface area contributed by atoms with Gasteiger partial charge in [-0.3, -0.25) is 4.79 Å². The second-order valence-corrected chi connectivity index (χ2v) is 7.78. The Morgan fingerprint density at radius 1 is 1.33 bits per heavy atom. The van der Waals surface area contributed by atoms with Gasteiger partial charge in [0.2, 0.25) is 0 Å². The summed E-state index contributed by atoms with van der Waals surface area (Å²) < 4.78 is 1.11. The van der Waals surface area contributed by atoms with E-state index in [0.717, 1.165) is 15.6 Å². The summed E-state index contributed by atoms with van der Waals surface area (Å²) in [6, 6.07) is 6.15. The van der Waals surface area contributed by atoms with Crippen molar-refractivity contribution in [2.45, 2.75) is 40.7 Å². The highest BCUT2D eigenvalue weighted by Gasteiger charge is 2.29. The van der Waals surface area contributed by atoms with E-state index < -0.39 is 0 Å². The molecule has 2 N–H and O–H groups in total. The quantitative estimate of drug-likeness (QED) is 0.899. The lowest BCUT2D eigenvalue weighted by Crippen LogP contribution is -2.42. The molecule has 1 amide bonds. The summed E-state index contributed by atoms with van der Waals surface area (Å²) in [7, 11) is 1.86. The van der Waals surface area contributed by atoms with Crippen LogP contribution in [0, 0.1) is 12.3 Å². The molecule has 0 aliphatic carbocycles. The smallest absolute Gasteiger partial charge is 0.266 e. The molecule has 2 aromatic rings. The van der Waals surface area contributed by atoms with E-state index >= 15 is 0 Å². The van der Waals surface area contributed by atoms with Crippen LogP contribution >= 0.6 is 11.3 Å². The van der Waals surface area contributed by atoms with Crippen LogP contribution in [0.15, 0.2) is 18.2 Å². The number of hydrogen-bond acceptors (Lipinski definition) is 3. The number of hydrogen-bond donors (Lipinski definition) is 1. The van der Waals surface area contributed by atoms with Crippen LogP contribution in [0.25, 0.3) is 10.1 Å². The molecule has 0 aliphatic heterocycles. The number of fused-ring (bicyclic) bond motifs is 1. The van der Waals surface area contributed by atoms with Gasteiger partial charge in [0.15, 0.2) is 0 Å². The van der Waals surface area contributed by atoms with Gasteiger partial charge in [0.05, 0.1) is 5.69 Å². The molecule has 1 aromatic heterocycles. The van der Waals surface area contributed by atoms with Gasteiger partial charge in [0, 0.05) is 23.2 Å². The molecule has 0 fully saturated rings. The van der Waals surface area contributed by atoms with E-state index in [9.17, 15) is 4.79 Å². The van der Waals surface area contributed by atoms with Crippen molar-refractivity contribution in [1.29, 1.82) is 0 Å². The van der Waals surface area contributed by atoms with E-state index in [-0.39, 0.29) is 17.4 Å². The van der Waals surface area contributed by atoms with Crippen LogP contribution in [0.1, 0.15) is 42.9 Å². The first kappa shape index (κ1) is 15.8. The topological polar surface area (TPSA) is 46.3 Å². The van der Waals surface area contributed by atoms with Crippen molar-refractivity contribution in [3.05, 3.63) is 28.6 Å². The third-order valence-electron chi connectivity index (χ3n) is 4.30. The lowest BCUT2D eigenvalue weighted by Gasteiger charge is -2.35. The molecule has 0 bridgehead atoms. The van der Waals surface area contributed by atoms with E-state index in [1.807, 2.05) is 32.2 Å². The molecule has 1 unspecified atom stereocenters. The zero-order chi connectivity index (χ0) is 15.9. The molecular formula is C17H24N2OS. The second-order valence-electron chi connectivity index (χ2n) is 6.75. The van der Waals surface area contributed by atoms with E-state index in [2.05, 4.69) is 27.7 Å². The van der Waals surface area contributed by atoms with Crippen molar-refractivity contribution >= 4 is 33.0 Å². The summed E-state index contributed by atoms with van der Waals surface area (Å²) in [5, 5.41) is 0.986. The maximum atomic E-state index is 12.8. The van der Waals surface area contributed by atoms with Gasteiger partial charge in [-0.05, 0) is 24.8 Å². The number of rotatable bonds is 2. The Balaban J connectivity index is 2.45. The molecule has 1 atom stereocenters. The predicted octanol–water partition coefficient (Wildman–Crippen LogP) is 4.30. The Labute approximate surface area is 130 Å². The normalized spacial score (nSPS) is 13.4. The van der Waals surface area contributed by atoms with E-state index in [1.165, 1.54) is 11.3 Å². The summed E-state index contributed by atoms with van der Waals surface area (Å²) in [5.74, 6) is 0.00975. The van der Waals surface area contributed by atoms with Crippen molar-refractivity contribution in [2.24, 2.45) is 5.41 Å². The molecule has 0 aliphatic rings. The standard InChI is InChI=1S/C17H24N2OS/c1-10-8-7-9-12-13(18)15(21-14(10)12)16(20)19(6)11(2)17(3,4)5/h7-9,11H,18H2,1-6H3. The molecule has 2 rings (SSSR count). The Morgan fingerprint density at radius 2 is 1.95 bits per heavy atom. The van der Waals surface area contributed by atoms with Crippen molar-refractivity contribution in [3.8, 4) is 0 Å². The summed E-state index contributed by atoms with van der Waals surface area (Å²) in [6.07, 6.45) is 0. The van der Waals surface area contributed by atoms with E-state index in [4.69, 9.17) is 5.73 Å². The Morgan fingerprint density at radius 3 is 2.48 bits per heavy atom. The third-order valence-corrected chi connectivity index (χ3v) is 5.64. The molecule has 1 aromatic carbocycles. The van der Waals surface area contributed by atoms with Crippen LogP contribution in [-0.4, -0.2) is 23.9 Å². The van der Waals surface area contributed by atoms with Crippen LogP contribution in [0.3, 0.4) is 0 Å². The van der Waals surface area contributed by atoms with Gasteiger partial charge in [-0.2, -0.15) is 0 Å². The molecule has 0 spiro atoms. The monoisotopic (exact) mass is 304 g/mol. The molecule has 0 saturated carbocycles. The fourth-order valence-electron chi connectivity index (χ4n) is 2.36. The number of thiophene rings is 1. The van der Waals surface area contributed by atoms with Crippen molar-refractivity contribution in [1.82, 2.24) is 4.90 Å². The van der Waals surface area contributed by atoms with E-state index in [1.54, 1.807) is 4.90 Å². The summed E-state index contributed by atoms with van der Waals surface area (Å²) in [6.45, 7) is 10.5. The van der Waals surface area contributed by atoms with Crippen LogP contribution in [0.4, 0.5) is 5.69 Å². The van der Waals surface area contributed by atoms with Crippen LogP contribution in [0.5, 0.6) is 0 Å². The number of anilines is 1. The Hall–Kier alpha value is -1.55. The zero-order valence-electron chi connectivity index (χ0n) is 13.7. The van der Waals surface area contributed by atoms with Crippen LogP contribution in [0.2, 0.25) is 0 Å². The van der Waals surface area contributed by atoms with Gasteiger partial charge >= 0.3 is 0 Å². The highest BCUT2D eigenvalue weighted by atomic mass is 32.1. The first-order valence-electron chi connectivity index (χ1n) is 7.19. The van der Waals surface area contributed by atoms with Crippen molar-refractivity contribution in [3.63, 3.8) is 0 Å². The minimum Gasteiger partial charge on any atom is -0.397 e. The number of nitrogens with two attached hydrogens (primary N) is 1. The third kappa shape index (κ3) is 2.77. The van der Waals surface area contributed by atoms with Gasteiger partial charge in [0.1, 0.15) is 4.88 Å². The van der Waals surface area contributed by atoms with E-state index in [0.29, 0.717) is 10.6 Å². The maximum Gasteiger partial charge on any atom is 0.266 e. The molecule has 3 nitrogen and oxygen atoms in total. The summed E-state index contributed by atoms with van der Waals surface area (Å²) in [4.78, 5) is 15.2. The van der Waals surface area contributed by atoms with Gasteiger partial charge in [0.25, 0.3) is 5.91 Å². The number of carbonyl (C=O) groups excluding carboxylic acids is 1. The van der Waals surface area contributed by atoms with Crippen molar-refractivity contribution in [2.75, 3.05) is 12.8 Å². The summed E-state index contributed by atoms with van der Waals surface area (Å²) >= 11 is 1.50. The minimum absolute atomic E-state index is 0.00975. The van der Waals surface area contributed by atoms with Crippen molar-refractivity contribution < 1.29 is 4.79 Å². The van der Waals surface area contributed by atoms with Gasteiger partial charge in [-0.25, -0.2) is 0 Å². The molecule has 21 heavy (non-hydrogen) atoms. The molecule has 4 heteroatoms. The Bertz CT molecular complexity index is 682. The second kappa shape index (κ2) is 5.34. The first-order valence-corrected chi connectivity index (χ1v) is 8.01. The van der Waals surface area contributed by atoms with Gasteiger partial charge < -0.3 is 10.6 Å². The average molecular weight is 304 g/mol. The molecule has 0 saturated heterocycles. The maximum absolute atomic E-state index is 12.8. The number of nitrogen functional groups attached to an aromatic ring is 1. The molecule has 0 radical (unpaired) electrons. The number of nitrogens with zero attached hydrogens (tertiary/aromatic N) is 1. The number of amides is 1. The SMILES string of the molecule is Cc1cccc2c(N)c(C(=O)N(C)C(C)C(C)(C)C)sc12. The summed E-state index contributed by atoms with van der Waals surface area (Å²) in [5.41, 5.74) is 8.02. The highest BCUT2D eigenvalue weighted by Crippen LogP contribution is 2.37. The fourth-order valence-corrected chi connectivity index (χ4v) is 3.53. The zero-order valence-corrected chi connectivity index (χ0v) is 14.5. The lowest BCUT2D eigenvalue weighted by atomic mass is 9.87. The molecular weight excluding hydrogens is 280 g/mol. The number of benzene rings is 1.